The summed E-state index contributed by atoms with van der Waals surface area (Å²) in [7, 11) is 0. The van der Waals surface area contributed by atoms with Crippen molar-refractivity contribution < 1.29 is 0 Å². The topological polar surface area (TPSA) is 66.0 Å². The van der Waals surface area contributed by atoms with Crippen molar-refractivity contribution >= 4 is 22.8 Å². The van der Waals surface area contributed by atoms with Gasteiger partial charge in [-0.05, 0) is 12.1 Å². The molecule has 0 amide bonds. The molecule has 3 aromatic rings. The van der Waals surface area contributed by atoms with Gasteiger partial charge in [-0.2, -0.15) is 10.2 Å². The average molecular weight is 237 g/mol. The van der Waals surface area contributed by atoms with Gasteiger partial charge < -0.3 is 4.98 Å². The van der Waals surface area contributed by atoms with Crippen LogP contribution in [0.2, 0.25) is 0 Å². The highest BCUT2D eigenvalue weighted by Gasteiger charge is 2.00. The van der Waals surface area contributed by atoms with Crippen LogP contribution >= 0.6 is 0 Å². The number of rotatable bonds is 3. The molecule has 0 atom stereocenters. The molecule has 88 valence electrons. The Labute approximate surface area is 104 Å². The van der Waals surface area contributed by atoms with Crippen LogP contribution in [0, 0.1) is 0 Å². The van der Waals surface area contributed by atoms with Crippen LogP contribution in [0.25, 0.3) is 10.8 Å². The zero-order valence-electron chi connectivity index (χ0n) is 9.54. The largest absolute Gasteiger partial charge is 0.360 e. The summed E-state index contributed by atoms with van der Waals surface area (Å²) >= 11 is 0. The Kier molecular flexibility index (Phi) is 2.71. The minimum absolute atomic E-state index is 0.649. The van der Waals surface area contributed by atoms with E-state index in [0.29, 0.717) is 5.82 Å². The van der Waals surface area contributed by atoms with Crippen molar-refractivity contribution in [1.82, 2.24) is 15.2 Å². The summed E-state index contributed by atoms with van der Waals surface area (Å²) in [5, 5.41) is 14.1. The lowest BCUT2D eigenvalue weighted by Gasteiger charge is -2.02. The second kappa shape index (κ2) is 4.67. The zero-order chi connectivity index (χ0) is 12.2. The number of fused-ring (bicyclic) bond motifs is 1. The minimum atomic E-state index is 0.649. The summed E-state index contributed by atoms with van der Waals surface area (Å²) in [6.45, 7) is 0. The van der Waals surface area contributed by atoms with Crippen molar-refractivity contribution in [3.05, 3.63) is 54.5 Å². The van der Waals surface area contributed by atoms with E-state index >= 15 is 0 Å². The number of hydrazone groups is 1. The van der Waals surface area contributed by atoms with E-state index in [1.165, 1.54) is 0 Å². The SMILES string of the molecule is C(=N\Nc1nncc2ccccc12)/c1ccc[nH]1. The highest BCUT2D eigenvalue weighted by molar-refractivity contribution is 5.91. The summed E-state index contributed by atoms with van der Waals surface area (Å²) in [5.41, 5.74) is 3.83. The molecule has 0 bridgehead atoms. The predicted octanol–water partition coefficient (Wildman–Crippen LogP) is 2.40. The van der Waals surface area contributed by atoms with Gasteiger partial charge in [-0.3, -0.25) is 5.43 Å². The first-order valence-electron chi connectivity index (χ1n) is 5.56. The maximum Gasteiger partial charge on any atom is 0.176 e. The first kappa shape index (κ1) is 10.5. The van der Waals surface area contributed by atoms with E-state index in [4.69, 9.17) is 0 Å². The van der Waals surface area contributed by atoms with E-state index in [9.17, 15) is 0 Å². The van der Waals surface area contributed by atoms with Crippen molar-refractivity contribution in [2.75, 3.05) is 5.43 Å². The fourth-order valence-corrected chi connectivity index (χ4v) is 1.70. The van der Waals surface area contributed by atoms with Gasteiger partial charge in [0.25, 0.3) is 0 Å². The van der Waals surface area contributed by atoms with Crippen LogP contribution in [0.4, 0.5) is 5.82 Å². The predicted molar refractivity (Wildman–Crippen MR) is 71.5 cm³/mol. The Balaban J connectivity index is 1.87. The third-order valence-electron chi connectivity index (χ3n) is 2.57. The van der Waals surface area contributed by atoms with Crippen LogP contribution in [0.5, 0.6) is 0 Å². The highest BCUT2D eigenvalue weighted by atomic mass is 15.3. The molecule has 0 aliphatic carbocycles. The Bertz CT molecular complexity index is 667. The monoisotopic (exact) mass is 237 g/mol. The van der Waals surface area contributed by atoms with E-state index in [1.807, 2.05) is 42.6 Å². The maximum atomic E-state index is 4.13. The first-order valence-corrected chi connectivity index (χ1v) is 5.56. The smallest absolute Gasteiger partial charge is 0.176 e. The Morgan fingerprint density at radius 2 is 2.11 bits per heavy atom. The fraction of sp³-hybridized carbons (Fsp3) is 0. The van der Waals surface area contributed by atoms with Gasteiger partial charge in [0.15, 0.2) is 5.82 Å². The fourth-order valence-electron chi connectivity index (χ4n) is 1.70. The summed E-state index contributed by atoms with van der Waals surface area (Å²) in [4.78, 5) is 3.04. The van der Waals surface area contributed by atoms with Gasteiger partial charge in [0.05, 0.1) is 18.1 Å². The van der Waals surface area contributed by atoms with Gasteiger partial charge in [0, 0.05) is 17.0 Å². The van der Waals surface area contributed by atoms with E-state index < -0.39 is 0 Å². The number of aromatic amines is 1. The molecular weight excluding hydrogens is 226 g/mol. The second-order valence-corrected chi connectivity index (χ2v) is 3.78. The van der Waals surface area contributed by atoms with Crippen molar-refractivity contribution in [3.8, 4) is 0 Å². The minimum Gasteiger partial charge on any atom is -0.360 e. The van der Waals surface area contributed by atoms with Gasteiger partial charge in [-0.1, -0.05) is 24.3 Å². The number of nitrogens with one attached hydrogen (secondary N) is 2. The molecule has 2 N–H and O–H groups in total. The lowest BCUT2D eigenvalue weighted by Crippen LogP contribution is -1.96. The molecule has 1 aromatic carbocycles. The van der Waals surface area contributed by atoms with Gasteiger partial charge in [0.1, 0.15) is 0 Å². The van der Waals surface area contributed by atoms with E-state index in [0.717, 1.165) is 16.5 Å². The van der Waals surface area contributed by atoms with Gasteiger partial charge in [-0.25, -0.2) is 0 Å². The molecule has 0 aliphatic heterocycles. The van der Waals surface area contributed by atoms with Crippen LogP contribution in [-0.2, 0) is 0 Å². The summed E-state index contributed by atoms with van der Waals surface area (Å²) in [5.74, 6) is 0.649. The summed E-state index contributed by atoms with van der Waals surface area (Å²) in [6.07, 6.45) is 5.28. The third-order valence-corrected chi connectivity index (χ3v) is 2.57. The van der Waals surface area contributed by atoms with Crippen molar-refractivity contribution in [2.45, 2.75) is 0 Å². The standard InChI is InChI=1S/C13H11N5/c1-2-6-12-10(4-1)8-15-17-13(12)18-16-9-11-5-3-7-14-11/h1-9,14H,(H,17,18)/b16-9+. The molecule has 0 spiro atoms. The summed E-state index contributed by atoms with van der Waals surface area (Å²) < 4.78 is 0. The molecule has 5 nitrogen and oxygen atoms in total. The van der Waals surface area contributed by atoms with Crippen molar-refractivity contribution in [3.63, 3.8) is 0 Å². The molecule has 0 saturated heterocycles. The molecule has 2 heterocycles. The number of hydrogen-bond donors (Lipinski definition) is 2. The Morgan fingerprint density at radius 3 is 3.00 bits per heavy atom. The van der Waals surface area contributed by atoms with Crippen molar-refractivity contribution in [1.29, 1.82) is 0 Å². The van der Waals surface area contributed by atoms with Crippen LogP contribution in [0.15, 0.2) is 53.9 Å². The zero-order valence-corrected chi connectivity index (χ0v) is 9.54. The second-order valence-electron chi connectivity index (χ2n) is 3.78. The Hall–Kier alpha value is -2.69. The van der Waals surface area contributed by atoms with E-state index in [2.05, 4.69) is 25.7 Å². The molecule has 18 heavy (non-hydrogen) atoms. The first-order chi connectivity index (χ1) is 8.93. The maximum absolute atomic E-state index is 4.13. The highest BCUT2D eigenvalue weighted by Crippen LogP contribution is 2.18. The van der Waals surface area contributed by atoms with E-state index in [1.54, 1.807) is 12.4 Å². The van der Waals surface area contributed by atoms with Crippen LogP contribution in [0.1, 0.15) is 5.69 Å². The average Bonchev–Trinajstić information content (AvgIpc) is 2.92. The van der Waals surface area contributed by atoms with Crippen LogP contribution < -0.4 is 5.43 Å². The molecular formula is C13H11N5. The molecule has 0 unspecified atom stereocenters. The summed E-state index contributed by atoms with van der Waals surface area (Å²) in [6, 6.07) is 11.7. The normalized spacial score (nSPS) is 11.1. The molecule has 3 rings (SSSR count). The van der Waals surface area contributed by atoms with Gasteiger partial charge >= 0.3 is 0 Å². The van der Waals surface area contributed by atoms with Crippen molar-refractivity contribution in [2.24, 2.45) is 5.10 Å². The lowest BCUT2D eigenvalue weighted by molar-refractivity contribution is 1.04. The van der Waals surface area contributed by atoms with E-state index in [-0.39, 0.29) is 0 Å². The molecule has 5 heteroatoms. The molecule has 0 saturated carbocycles. The molecule has 0 aliphatic rings. The van der Waals surface area contributed by atoms with Crippen LogP contribution in [-0.4, -0.2) is 21.4 Å². The number of nitrogens with zero attached hydrogens (tertiary/aromatic N) is 3. The van der Waals surface area contributed by atoms with Gasteiger partial charge in [-0.15, -0.1) is 5.10 Å². The quantitative estimate of drug-likeness (QED) is 0.543. The lowest BCUT2D eigenvalue weighted by atomic mass is 10.2. The third kappa shape index (κ3) is 2.06. The Morgan fingerprint density at radius 1 is 1.17 bits per heavy atom. The number of benzene rings is 1. The molecule has 0 radical (unpaired) electrons. The van der Waals surface area contributed by atoms with Crippen LogP contribution in [0.3, 0.4) is 0 Å². The number of anilines is 1. The number of aromatic nitrogens is 3. The van der Waals surface area contributed by atoms with Gasteiger partial charge in [0.2, 0.25) is 0 Å². The molecule has 0 fully saturated rings. The number of hydrogen-bond acceptors (Lipinski definition) is 4. The molecule has 2 aromatic heterocycles. The number of H-pyrrole nitrogens is 1.